The fourth-order valence-corrected chi connectivity index (χ4v) is 0.832. The maximum Gasteiger partial charge on any atom is 0.434 e. The standard InChI is InChI=1S/C6H7F3INO/c1-2-3-4(12-10)5(11)6(7,8)9/h2-3H,11H2,1H3/b3-2-,5-4+. The Morgan fingerprint density at radius 3 is 2.25 bits per heavy atom. The summed E-state index contributed by atoms with van der Waals surface area (Å²) < 4.78 is 40.1. The summed E-state index contributed by atoms with van der Waals surface area (Å²) in [6.07, 6.45) is -1.98. The largest absolute Gasteiger partial charge is 0.434 e. The average molecular weight is 293 g/mol. The van der Waals surface area contributed by atoms with Crippen molar-refractivity contribution in [2.24, 2.45) is 5.73 Å². The van der Waals surface area contributed by atoms with Gasteiger partial charge in [0.05, 0.1) is 0 Å². The van der Waals surface area contributed by atoms with Crippen LogP contribution in [0.2, 0.25) is 0 Å². The highest BCUT2D eigenvalue weighted by atomic mass is 127. The van der Waals surface area contributed by atoms with Crippen LogP contribution in [0.5, 0.6) is 0 Å². The summed E-state index contributed by atoms with van der Waals surface area (Å²) in [4.78, 5) is 0. The highest BCUT2D eigenvalue weighted by Gasteiger charge is 2.34. The minimum atomic E-state index is -4.54. The van der Waals surface area contributed by atoms with E-state index in [2.05, 4.69) is 3.07 Å². The van der Waals surface area contributed by atoms with E-state index in [0.29, 0.717) is 0 Å². The van der Waals surface area contributed by atoms with E-state index in [4.69, 9.17) is 5.73 Å². The van der Waals surface area contributed by atoms with Gasteiger partial charge in [0.2, 0.25) is 0 Å². The Morgan fingerprint density at radius 2 is 2.00 bits per heavy atom. The molecule has 0 saturated heterocycles. The average Bonchev–Trinajstić information content (AvgIpc) is 1.97. The lowest BCUT2D eigenvalue weighted by Gasteiger charge is -2.08. The number of alkyl halides is 3. The van der Waals surface area contributed by atoms with Gasteiger partial charge in [-0.3, -0.25) is 0 Å². The molecule has 0 rings (SSSR count). The first kappa shape index (κ1) is 11.6. The van der Waals surface area contributed by atoms with Crippen LogP contribution in [0.25, 0.3) is 0 Å². The van der Waals surface area contributed by atoms with Gasteiger partial charge in [-0.2, -0.15) is 13.2 Å². The number of rotatable bonds is 2. The fraction of sp³-hybridized carbons (Fsp3) is 0.333. The molecule has 0 fully saturated rings. The summed E-state index contributed by atoms with van der Waals surface area (Å²) in [7, 11) is 0. The van der Waals surface area contributed by atoms with Crippen molar-refractivity contribution in [2.75, 3.05) is 0 Å². The molecule has 0 aliphatic heterocycles. The number of halogens is 4. The molecule has 0 radical (unpaired) electrons. The van der Waals surface area contributed by atoms with Crippen LogP contribution in [-0.4, -0.2) is 6.18 Å². The van der Waals surface area contributed by atoms with E-state index in [1.165, 1.54) is 29.1 Å². The van der Waals surface area contributed by atoms with Gasteiger partial charge < -0.3 is 8.80 Å². The third-order valence-corrected chi connectivity index (χ3v) is 1.45. The van der Waals surface area contributed by atoms with E-state index < -0.39 is 11.9 Å². The highest BCUT2D eigenvalue weighted by Crippen LogP contribution is 2.25. The van der Waals surface area contributed by atoms with Crippen molar-refractivity contribution in [3.05, 3.63) is 23.6 Å². The molecular formula is C6H7F3INO. The second-order valence-electron chi connectivity index (χ2n) is 1.85. The van der Waals surface area contributed by atoms with Crippen molar-refractivity contribution in [3.63, 3.8) is 0 Å². The van der Waals surface area contributed by atoms with Crippen molar-refractivity contribution in [2.45, 2.75) is 13.1 Å². The van der Waals surface area contributed by atoms with Crippen LogP contribution in [0.1, 0.15) is 6.92 Å². The second-order valence-corrected chi connectivity index (χ2v) is 2.29. The molecule has 0 aliphatic rings. The van der Waals surface area contributed by atoms with Crippen LogP contribution < -0.4 is 5.73 Å². The molecule has 0 aromatic carbocycles. The molecule has 12 heavy (non-hydrogen) atoms. The summed E-state index contributed by atoms with van der Waals surface area (Å²) in [6, 6.07) is 0. The van der Waals surface area contributed by atoms with Crippen LogP contribution in [0.3, 0.4) is 0 Å². The van der Waals surface area contributed by atoms with Crippen molar-refractivity contribution >= 4 is 23.0 Å². The molecule has 6 heteroatoms. The molecule has 0 saturated carbocycles. The molecule has 0 bridgehead atoms. The van der Waals surface area contributed by atoms with Crippen LogP contribution >= 0.6 is 23.0 Å². The number of nitrogens with two attached hydrogens (primary N) is 1. The predicted octanol–water partition coefficient (Wildman–Crippen LogP) is 2.66. The van der Waals surface area contributed by atoms with Gasteiger partial charge in [-0.05, 0) is 13.0 Å². The Bertz CT molecular complexity index is 209. The van der Waals surface area contributed by atoms with E-state index in [0.717, 1.165) is 6.08 Å². The summed E-state index contributed by atoms with van der Waals surface area (Å²) in [5.41, 5.74) is 3.54. The number of allylic oxidation sites excluding steroid dienone is 3. The zero-order valence-electron chi connectivity index (χ0n) is 6.15. The summed E-state index contributed by atoms with van der Waals surface area (Å²) in [5.74, 6) is -0.384. The van der Waals surface area contributed by atoms with E-state index >= 15 is 0 Å². The van der Waals surface area contributed by atoms with Crippen molar-refractivity contribution in [3.8, 4) is 0 Å². The highest BCUT2D eigenvalue weighted by molar-refractivity contribution is 14.1. The topological polar surface area (TPSA) is 35.2 Å². The molecule has 70 valence electrons. The Labute approximate surface area is 81.9 Å². The first-order valence-corrected chi connectivity index (χ1v) is 3.79. The van der Waals surface area contributed by atoms with Crippen LogP contribution in [0, 0.1) is 0 Å². The van der Waals surface area contributed by atoms with Gasteiger partial charge in [0.1, 0.15) is 0 Å². The summed E-state index contributed by atoms with van der Waals surface area (Å²) in [6.45, 7) is 1.57. The normalized spacial score (nSPS) is 14.8. The van der Waals surface area contributed by atoms with Gasteiger partial charge in [0, 0.05) is 0 Å². The molecule has 0 amide bonds. The van der Waals surface area contributed by atoms with Crippen LogP contribution in [0.15, 0.2) is 23.6 Å². The van der Waals surface area contributed by atoms with E-state index in [-0.39, 0.29) is 5.76 Å². The quantitative estimate of drug-likeness (QED) is 0.482. The smallest absolute Gasteiger partial charge is 0.425 e. The third-order valence-electron chi connectivity index (χ3n) is 0.972. The van der Waals surface area contributed by atoms with Gasteiger partial charge in [-0.15, -0.1) is 0 Å². The lowest BCUT2D eigenvalue weighted by atomic mass is 10.3. The van der Waals surface area contributed by atoms with E-state index in [1.807, 2.05) is 0 Å². The SMILES string of the molecule is C/C=C\C(OI)=C(/N)C(F)(F)F. The molecule has 0 spiro atoms. The molecule has 0 aromatic rings. The van der Waals surface area contributed by atoms with Gasteiger partial charge in [0.25, 0.3) is 0 Å². The fourth-order valence-electron chi connectivity index (χ4n) is 0.448. The second kappa shape index (κ2) is 4.58. The molecule has 0 aromatic heterocycles. The Morgan fingerprint density at radius 1 is 1.50 bits per heavy atom. The maximum atomic E-state index is 11.9. The van der Waals surface area contributed by atoms with Gasteiger partial charge in [0.15, 0.2) is 34.5 Å². The summed E-state index contributed by atoms with van der Waals surface area (Å²) in [5, 5.41) is 0. The lowest BCUT2D eigenvalue weighted by molar-refractivity contribution is -0.0944. The maximum absolute atomic E-state index is 11.9. The molecule has 0 unspecified atom stereocenters. The first-order valence-electron chi connectivity index (χ1n) is 2.91. The minimum absolute atomic E-state index is 0.384. The van der Waals surface area contributed by atoms with Crippen molar-refractivity contribution in [1.82, 2.24) is 0 Å². The Kier molecular flexibility index (Phi) is 4.43. The first-order chi connectivity index (χ1) is 5.43. The molecule has 2 N–H and O–H groups in total. The molecule has 2 nitrogen and oxygen atoms in total. The van der Waals surface area contributed by atoms with Gasteiger partial charge in [-0.1, -0.05) is 6.08 Å². The van der Waals surface area contributed by atoms with Crippen LogP contribution in [0.4, 0.5) is 13.2 Å². The Hall–Kier alpha value is -0.400. The van der Waals surface area contributed by atoms with Gasteiger partial charge in [-0.25, -0.2) is 0 Å². The lowest BCUT2D eigenvalue weighted by Crippen LogP contribution is -2.21. The zero-order chi connectivity index (χ0) is 9.78. The van der Waals surface area contributed by atoms with Gasteiger partial charge >= 0.3 is 6.18 Å². The summed E-state index contributed by atoms with van der Waals surface area (Å²) >= 11 is 1.34. The Balaban J connectivity index is 4.85. The zero-order valence-corrected chi connectivity index (χ0v) is 8.31. The van der Waals surface area contributed by atoms with Crippen LogP contribution in [-0.2, 0) is 3.07 Å². The predicted molar refractivity (Wildman–Crippen MR) is 47.2 cm³/mol. The molecule has 0 aliphatic carbocycles. The van der Waals surface area contributed by atoms with Crippen molar-refractivity contribution in [1.29, 1.82) is 0 Å². The van der Waals surface area contributed by atoms with Crippen molar-refractivity contribution < 1.29 is 16.2 Å². The molecular weight excluding hydrogens is 286 g/mol. The van der Waals surface area contributed by atoms with E-state index in [1.54, 1.807) is 6.92 Å². The minimum Gasteiger partial charge on any atom is -0.425 e. The number of hydrogen-bond acceptors (Lipinski definition) is 2. The molecule has 0 atom stereocenters. The monoisotopic (exact) mass is 293 g/mol. The van der Waals surface area contributed by atoms with E-state index in [9.17, 15) is 13.2 Å². The third kappa shape index (κ3) is 3.33. The molecule has 0 heterocycles. The number of hydrogen-bond donors (Lipinski definition) is 1.